The maximum atomic E-state index is 12.6. The Balaban J connectivity index is 1.54. The molecule has 2 N–H and O–H groups in total. The zero-order valence-electron chi connectivity index (χ0n) is 14.9. The van der Waals surface area contributed by atoms with E-state index in [0.717, 1.165) is 30.0 Å². The number of carboxylic acids is 1. The van der Waals surface area contributed by atoms with Gasteiger partial charge in [-0.1, -0.05) is 18.5 Å². The Morgan fingerprint density at radius 1 is 1.35 bits per heavy atom. The molecule has 0 aliphatic heterocycles. The van der Waals surface area contributed by atoms with E-state index in [-0.39, 0.29) is 24.5 Å². The monoisotopic (exact) mass is 396 g/mol. The Labute approximate surface area is 163 Å². The van der Waals surface area contributed by atoms with Crippen LogP contribution in [0.1, 0.15) is 43.0 Å². The fourth-order valence-electron chi connectivity index (χ4n) is 3.37. The Kier molecular flexibility index (Phi) is 6.48. The highest BCUT2D eigenvalue weighted by atomic mass is 35.5. The van der Waals surface area contributed by atoms with E-state index in [1.54, 1.807) is 23.9 Å². The largest absolute Gasteiger partial charge is 0.480 e. The minimum absolute atomic E-state index is 0.0759. The molecule has 0 heterocycles. The van der Waals surface area contributed by atoms with Crippen LogP contribution in [0.3, 0.4) is 0 Å². The number of aliphatic carboxylic acids is 1. The third kappa shape index (κ3) is 5.15. The van der Waals surface area contributed by atoms with Crippen LogP contribution in [-0.4, -0.2) is 52.8 Å². The van der Waals surface area contributed by atoms with Crippen LogP contribution in [0, 0.1) is 5.92 Å². The number of nitrogens with zero attached hydrogens (tertiary/aromatic N) is 1. The van der Waals surface area contributed by atoms with E-state index in [2.05, 4.69) is 10.2 Å². The van der Waals surface area contributed by atoms with Gasteiger partial charge in [0, 0.05) is 28.5 Å². The molecular weight excluding hydrogens is 372 g/mol. The van der Waals surface area contributed by atoms with Crippen molar-refractivity contribution in [3.8, 4) is 0 Å². The molecule has 1 amide bonds. The quantitative estimate of drug-likeness (QED) is 0.625. The normalized spacial score (nSPS) is 22.1. The number of amides is 1. The van der Waals surface area contributed by atoms with E-state index in [1.807, 2.05) is 13.0 Å². The molecule has 5 nitrogen and oxygen atoms in total. The van der Waals surface area contributed by atoms with Crippen molar-refractivity contribution in [1.29, 1.82) is 0 Å². The van der Waals surface area contributed by atoms with Gasteiger partial charge < -0.3 is 10.4 Å². The standard InChI is InChI=1S/C19H25ClN2O3S/c1-2-26-17-7-13(20)5-6-16(17)19(25)21-14-8-15(9-14)22(11-18(23)24)10-12-3-4-12/h5-7,12,14-15H,2-4,8-11H2,1H3,(H,21,25)(H,23,24). The minimum Gasteiger partial charge on any atom is -0.480 e. The van der Waals surface area contributed by atoms with Crippen molar-refractivity contribution in [2.75, 3.05) is 18.8 Å². The van der Waals surface area contributed by atoms with Crippen molar-refractivity contribution in [1.82, 2.24) is 10.2 Å². The predicted octanol–water partition coefficient (Wildman–Crippen LogP) is 3.51. The summed E-state index contributed by atoms with van der Waals surface area (Å²) in [5, 5.41) is 12.8. The molecule has 7 heteroatoms. The summed E-state index contributed by atoms with van der Waals surface area (Å²) in [6.45, 7) is 3.00. The van der Waals surface area contributed by atoms with Crippen molar-refractivity contribution < 1.29 is 14.7 Å². The molecule has 1 aromatic rings. The highest BCUT2D eigenvalue weighted by Gasteiger charge is 2.37. The van der Waals surface area contributed by atoms with Crippen LogP contribution in [0.25, 0.3) is 0 Å². The summed E-state index contributed by atoms with van der Waals surface area (Å²) in [4.78, 5) is 26.7. The van der Waals surface area contributed by atoms with Crippen molar-refractivity contribution in [2.45, 2.75) is 49.6 Å². The first-order chi connectivity index (χ1) is 12.5. The molecule has 3 rings (SSSR count). The minimum atomic E-state index is -0.777. The first-order valence-corrected chi connectivity index (χ1v) is 10.5. The van der Waals surface area contributed by atoms with E-state index in [9.17, 15) is 9.59 Å². The average Bonchev–Trinajstić information content (AvgIpc) is 3.33. The molecule has 2 fully saturated rings. The smallest absolute Gasteiger partial charge is 0.317 e. The molecule has 1 aromatic carbocycles. The summed E-state index contributed by atoms with van der Waals surface area (Å²) in [7, 11) is 0. The summed E-state index contributed by atoms with van der Waals surface area (Å²) >= 11 is 7.65. The Bertz CT molecular complexity index is 675. The van der Waals surface area contributed by atoms with Crippen molar-refractivity contribution in [3.63, 3.8) is 0 Å². The second-order valence-electron chi connectivity index (χ2n) is 7.14. The van der Waals surface area contributed by atoms with Crippen LogP contribution in [0.2, 0.25) is 5.02 Å². The average molecular weight is 397 g/mol. The summed E-state index contributed by atoms with van der Waals surface area (Å²) in [6, 6.07) is 5.71. The van der Waals surface area contributed by atoms with Gasteiger partial charge in [-0.15, -0.1) is 11.8 Å². The zero-order valence-corrected chi connectivity index (χ0v) is 16.5. The molecule has 26 heavy (non-hydrogen) atoms. The molecule has 0 atom stereocenters. The highest BCUT2D eigenvalue weighted by molar-refractivity contribution is 7.99. The second kappa shape index (κ2) is 8.63. The molecule has 0 spiro atoms. The van der Waals surface area contributed by atoms with Gasteiger partial charge in [0.2, 0.25) is 0 Å². The van der Waals surface area contributed by atoms with Gasteiger partial charge in [-0.05, 0) is 55.6 Å². The van der Waals surface area contributed by atoms with E-state index in [0.29, 0.717) is 16.5 Å². The van der Waals surface area contributed by atoms with Crippen LogP contribution in [-0.2, 0) is 4.79 Å². The predicted molar refractivity (Wildman–Crippen MR) is 104 cm³/mol. The van der Waals surface area contributed by atoms with E-state index < -0.39 is 5.97 Å². The summed E-state index contributed by atoms with van der Waals surface area (Å²) in [5.74, 6) is 0.677. The number of rotatable bonds is 9. The molecular formula is C19H25ClN2O3S. The first-order valence-electron chi connectivity index (χ1n) is 9.15. The lowest BCUT2D eigenvalue weighted by molar-refractivity contribution is -0.139. The van der Waals surface area contributed by atoms with Gasteiger partial charge in [-0.2, -0.15) is 0 Å². The molecule has 0 bridgehead atoms. The van der Waals surface area contributed by atoms with Crippen LogP contribution in [0.4, 0.5) is 0 Å². The topological polar surface area (TPSA) is 69.6 Å². The van der Waals surface area contributed by atoms with Crippen molar-refractivity contribution >= 4 is 35.2 Å². The first kappa shape index (κ1) is 19.5. The maximum absolute atomic E-state index is 12.6. The van der Waals surface area contributed by atoms with Gasteiger partial charge in [0.25, 0.3) is 5.91 Å². The number of hydrogen-bond donors (Lipinski definition) is 2. The molecule has 0 radical (unpaired) electrons. The lowest BCUT2D eigenvalue weighted by Gasteiger charge is -2.42. The third-order valence-corrected chi connectivity index (χ3v) is 6.15. The molecule has 2 saturated carbocycles. The number of halogens is 1. The van der Waals surface area contributed by atoms with Gasteiger partial charge in [0.1, 0.15) is 0 Å². The number of thioether (sulfide) groups is 1. The van der Waals surface area contributed by atoms with Gasteiger partial charge in [0.15, 0.2) is 0 Å². The number of nitrogens with one attached hydrogen (secondary N) is 1. The van der Waals surface area contributed by atoms with Crippen molar-refractivity contribution in [2.24, 2.45) is 5.92 Å². The second-order valence-corrected chi connectivity index (χ2v) is 8.88. The van der Waals surface area contributed by atoms with E-state index in [4.69, 9.17) is 16.7 Å². The van der Waals surface area contributed by atoms with E-state index >= 15 is 0 Å². The molecule has 0 aromatic heterocycles. The number of hydrogen-bond acceptors (Lipinski definition) is 4. The summed E-state index contributed by atoms with van der Waals surface area (Å²) in [5.41, 5.74) is 0.657. The van der Waals surface area contributed by atoms with E-state index in [1.165, 1.54) is 12.8 Å². The van der Waals surface area contributed by atoms with Gasteiger partial charge in [-0.25, -0.2) is 0 Å². The number of carbonyl (C=O) groups excluding carboxylic acids is 1. The lowest BCUT2D eigenvalue weighted by Crippen LogP contribution is -2.55. The fourth-order valence-corrected chi connectivity index (χ4v) is 4.45. The van der Waals surface area contributed by atoms with Crippen LogP contribution in [0.15, 0.2) is 23.1 Å². The zero-order chi connectivity index (χ0) is 18.7. The Morgan fingerprint density at radius 3 is 2.69 bits per heavy atom. The third-order valence-electron chi connectivity index (χ3n) is 4.98. The Hall–Kier alpha value is -1.24. The van der Waals surface area contributed by atoms with Crippen LogP contribution >= 0.6 is 23.4 Å². The number of benzene rings is 1. The fraction of sp³-hybridized carbons (Fsp3) is 0.579. The van der Waals surface area contributed by atoms with Crippen LogP contribution < -0.4 is 5.32 Å². The summed E-state index contributed by atoms with van der Waals surface area (Å²) < 4.78 is 0. The highest BCUT2D eigenvalue weighted by Crippen LogP contribution is 2.34. The SMILES string of the molecule is CCSc1cc(Cl)ccc1C(=O)NC1CC(N(CC(=O)O)CC2CC2)C1. The van der Waals surface area contributed by atoms with Gasteiger partial charge in [-0.3, -0.25) is 14.5 Å². The molecule has 142 valence electrons. The van der Waals surface area contributed by atoms with Gasteiger partial charge >= 0.3 is 5.97 Å². The summed E-state index contributed by atoms with van der Waals surface area (Å²) in [6.07, 6.45) is 4.04. The Morgan fingerprint density at radius 2 is 2.08 bits per heavy atom. The van der Waals surface area contributed by atoms with Crippen LogP contribution in [0.5, 0.6) is 0 Å². The molecule has 0 saturated heterocycles. The molecule has 2 aliphatic rings. The van der Waals surface area contributed by atoms with Crippen molar-refractivity contribution in [3.05, 3.63) is 28.8 Å². The van der Waals surface area contributed by atoms with Gasteiger partial charge in [0.05, 0.1) is 12.1 Å². The number of carboxylic acid groups (broad SMARTS) is 1. The molecule has 2 aliphatic carbocycles. The number of carbonyl (C=O) groups is 2. The maximum Gasteiger partial charge on any atom is 0.317 e. The lowest BCUT2D eigenvalue weighted by atomic mass is 9.85. The molecule has 0 unspecified atom stereocenters.